The number of fused-ring (bicyclic) bond motifs is 1. The van der Waals surface area contributed by atoms with Gasteiger partial charge in [-0.25, -0.2) is 14.6 Å². The van der Waals surface area contributed by atoms with Crippen LogP contribution in [0.2, 0.25) is 0 Å². The second-order valence-corrected chi connectivity index (χ2v) is 7.06. The van der Waals surface area contributed by atoms with Crippen LogP contribution in [0.3, 0.4) is 0 Å². The van der Waals surface area contributed by atoms with Crippen molar-refractivity contribution in [1.29, 1.82) is 0 Å². The molecule has 0 radical (unpaired) electrons. The van der Waals surface area contributed by atoms with Gasteiger partial charge in [-0.05, 0) is 18.9 Å². The van der Waals surface area contributed by atoms with Crippen molar-refractivity contribution in [3.05, 3.63) is 40.7 Å². The molecule has 1 aliphatic carbocycles. The summed E-state index contributed by atoms with van der Waals surface area (Å²) >= 11 is 0. The molecular weight excluding hydrogens is 318 g/mol. The fourth-order valence-corrected chi connectivity index (χ4v) is 3.48. The van der Waals surface area contributed by atoms with Crippen LogP contribution in [0.4, 0.5) is 5.82 Å². The molecule has 0 spiro atoms. The first-order chi connectivity index (χ1) is 12.2. The summed E-state index contributed by atoms with van der Waals surface area (Å²) in [7, 11) is 1.88. The largest absolute Gasteiger partial charge is 0.355 e. The Morgan fingerprint density at radius 3 is 2.80 bits per heavy atom. The molecule has 1 saturated heterocycles. The van der Waals surface area contributed by atoms with E-state index >= 15 is 0 Å². The van der Waals surface area contributed by atoms with Crippen LogP contribution >= 0.6 is 0 Å². The van der Waals surface area contributed by atoms with Gasteiger partial charge in [0.05, 0.1) is 17.6 Å². The van der Waals surface area contributed by atoms with Gasteiger partial charge >= 0.3 is 0 Å². The highest BCUT2D eigenvalue weighted by atomic mass is 16.1. The van der Waals surface area contributed by atoms with E-state index in [4.69, 9.17) is 0 Å². The Kier molecular flexibility index (Phi) is 3.13. The molecule has 1 aliphatic heterocycles. The standard InChI is InChI=1S/C17H19N7O/c1-22-9-13-16(21-22)18-10-19-17(13)23-6-11(7-23)8-24-15(25)5-4-14(20-24)12-2-3-12/h4-5,9-12H,2-3,6-8H2,1H3. The van der Waals surface area contributed by atoms with Crippen molar-refractivity contribution in [1.82, 2.24) is 29.5 Å². The van der Waals surface area contributed by atoms with Crippen molar-refractivity contribution in [3.63, 3.8) is 0 Å². The predicted octanol–water partition coefficient (Wildman–Crippen LogP) is 0.934. The number of hydrogen-bond donors (Lipinski definition) is 0. The van der Waals surface area contributed by atoms with E-state index in [0.717, 1.165) is 30.0 Å². The van der Waals surface area contributed by atoms with Gasteiger partial charge in [0.2, 0.25) is 0 Å². The lowest BCUT2D eigenvalue weighted by atomic mass is 10.00. The quantitative estimate of drug-likeness (QED) is 0.704. The Balaban J connectivity index is 1.32. The first-order valence-electron chi connectivity index (χ1n) is 8.65. The van der Waals surface area contributed by atoms with E-state index in [-0.39, 0.29) is 5.56 Å². The molecule has 0 aromatic carbocycles. The van der Waals surface area contributed by atoms with Gasteiger partial charge in [0.25, 0.3) is 5.56 Å². The number of aromatic nitrogens is 6. The maximum atomic E-state index is 12.1. The number of aryl methyl sites for hydroxylation is 1. The van der Waals surface area contributed by atoms with E-state index < -0.39 is 0 Å². The number of anilines is 1. The Hall–Kier alpha value is -2.77. The molecule has 3 aromatic rings. The maximum absolute atomic E-state index is 12.1. The highest BCUT2D eigenvalue weighted by Crippen LogP contribution is 2.38. The fourth-order valence-electron chi connectivity index (χ4n) is 3.48. The molecule has 8 nitrogen and oxygen atoms in total. The van der Waals surface area contributed by atoms with Crippen molar-refractivity contribution in [3.8, 4) is 0 Å². The van der Waals surface area contributed by atoms with Crippen molar-refractivity contribution >= 4 is 16.9 Å². The van der Waals surface area contributed by atoms with Crippen LogP contribution in [0.1, 0.15) is 24.5 Å². The van der Waals surface area contributed by atoms with Gasteiger partial charge in [-0.3, -0.25) is 9.48 Å². The van der Waals surface area contributed by atoms with Gasteiger partial charge in [-0.15, -0.1) is 0 Å². The Morgan fingerprint density at radius 2 is 2.00 bits per heavy atom. The summed E-state index contributed by atoms with van der Waals surface area (Å²) < 4.78 is 3.39. The minimum absolute atomic E-state index is 0.0143. The minimum atomic E-state index is -0.0143. The summed E-state index contributed by atoms with van der Waals surface area (Å²) in [6.45, 7) is 2.39. The fraction of sp³-hybridized carbons (Fsp3) is 0.471. The molecule has 1 saturated carbocycles. The normalized spacial score (nSPS) is 17.9. The highest BCUT2D eigenvalue weighted by Gasteiger charge is 2.31. The van der Waals surface area contributed by atoms with Crippen LogP contribution in [0, 0.1) is 5.92 Å². The third-order valence-electron chi connectivity index (χ3n) is 4.98. The zero-order chi connectivity index (χ0) is 17.0. The summed E-state index contributed by atoms with van der Waals surface area (Å²) in [5, 5.41) is 9.85. The lowest BCUT2D eigenvalue weighted by molar-refractivity contribution is 0.332. The molecule has 0 N–H and O–H groups in total. The van der Waals surface area contributed by atoms with Crippen LogP contribution in [0.5, 0.6) is 0 Å². The lowest BCUT2D eigenvalue weighted by Gasteiger charge is -2.40. The molecular formula is C17H19N7O. The van der Waals surface area contributed by atoms with Crippen LogP contribution in [-0.4, -0.2) is 42.6 Å². The smallest absolute Gasteiger partial charge is 0.266 e. The average molecular weight is 337 g/mol. The van der Waals surface area contributed by atoms with Crippen molar-refractivity contribution in [2.45, 2.75) is 25.3 Å². The molecule has 128 valence electrons. The van der Waals surface area contributed by atoms with Crippen molar-refractivity contribution < 1.29 is 0 Å². The van der Waals surface area contributed by atoms with E-state index in [2.05, 4.69) is 25.1 Å². The van der Waals surface area contributed by atoms with E-state index in [1.165, 1.54) is 12.8 Å². The molecule has 3 aromatic heterocycles. The third kappa shape index (κ3) is 2.57. The van der Waals surface area contributed by atoms with Gasteiger partial charge in [0.1, 0.15) is 12.1 Å². The molecule has 4 heterocycles. The molecule has 0 atom stereocenters. The lowest BCUT2D eigenvalue weighted by Crippen LogP contribution is -2.50. The van der Waals surface area contributed by atoms with E-state index in [0.29, 0.717) is 24.0 Å². The first kappa shape index (κ1) is 14.6. The molecule has 2 fully saturated rings. The van der Waals surface area contributed by atoms with Crippen LogP contribution in [-0.2, 0) is 13.6 Å². The van der Waals surface area contributed by atoms with E-state index in [1.807, 2.05) is 19.3 Å². The number of rotatable bonds is 4. The maximum Gasteiger partial charge on any atom is 0.266 e. The van der Waals surface area contributed by atoms with Crippen LogP contribution in [0.25, 0.3) is 11.0 Å². The molecule has 5 rings (SSSR count). The monoisotopic (exact) mass is 337 g/mol. The minimum Gasteiger partial charge on any atom is -0.355 e. The second kappa shape index (κ2) is 5.37. The SMILES string of the molecule is Cn1cc2c(N3CC(Cn4nc(C5CC5)ccc4=O)C3)ncnc2n1. The zero-order valence-corrected chi connectivity index (χ0v) is 14.0. The molecule has 25 heavy (non-hydrogen) atoms. The Labute approximate surface area is 144 Å². The zero-order valence-electron chi connectivity index (χ0n) is 14.0. The van der Waals surface area contributed by atoms with E-state index in [9.17, 15) is 4.79 Å². The van der Waals surface area contributed by atoms with Gasteiger partial charge in [0, 0.05) is 44.2 Å². The molecule has 2 aliphatic rings. The molecule has 0 bridgehead atoms. The van der Waals surface area contributed by atoms with E-state index in [1.54, 1.807) is 21.8 Å². The molecule has 8 heteroatoms. The van der Waals surface area contributed by atoms with Gasteiger partial charge in [-0.1, -0.05) is 0 Å². The molecule has 0 amide bonds. The van der Waals surface area contributed by atoms with Crippen LogP contribution < -0.4 is 10.5 Å². The average Bonchev–Trinajstić information content (AvgIpc) is 3.33. The predicted molar refractivity (Wildman–Crippen MR) is 92.5 cm³/mol. The summed E-state index contributed by atoms with van der Waals surface area (Å²) in [4.78, 5) is 22.9. The van der Waals surface area contributed by atoms with Crippen molar-refractivity contribution in [2.24, 2.45) is 13.0 Å². The Morgan fingerprint density at radius 1 is 1.16 bits per heavy atom. The first-order valence-corrected chi connectivity index (χ1v) is 8.65. The topological polar surface area (TPSA) is 81.7 Å². The number of hydrogen-bond acceptors (Lipinski definition) is 6. The van der Waals surface area contributed by atoms with Crippen LogP contribution in [0.15, 0.2) is 29.5 Å². The summed E-state index contributed by atoms with van der Waals surface area (Å²) in [5.74, 6) is 1.88. The van der Waals surface area contributed by atoms with Gasteiger partial charge in [-0.2, -0.15) is 10.2 Å². The summed E-state index contributed by atoms with van der Waals surface area (Å²) in [6, 6.07) is 3.53. The summed E-state index contributed by atoms with van der Waals surface area (Å²) in [6.07, 6.45) is 5.89. The number of nitrogens with zero attached hydrogens (tertiary/aromatic N) is 7. The van der Waals surface area contributed by atoms with Crippen molar-refractivity contribution in [2.75, 3.05) is 18.0 Å². The molecule has 0 unspecified atom stereocenters. The summed E-state index contributed by atoms with van der Waals surface area (Å²) in [5.41, 5.74) is 1.76. The van der Waals surface area contributed by atoms with Gasteiger partial charge < -0.3 is 4.90 Å². The Bertz CT molecular complexity index is 998. The highest BCUT2D eigenvalue weighted by molar-refractivity contribution is 5.86. The van der Waals surface area contributed by atoms with Gasteiger partial charge in [0.15, 0.2) is 5.65 Å². The third-order valence-corrected chi connectivity index (χ3v) is 4.98. The second-order valence-electron chi connectivity index (χ2n) is 7.06.